The average molecular weight is 284 g/mol. The lowest BCUT2D eigenvalue weighted by atomic mass is 9.98. The number of piperidine rings is 1. The van der Waals surface area contributed by atoms with Gasteiger partial charge in [0.05, 0.1) is 5.92 Å². The molecule has 0 saturated carbocycles. The summed E-state index contributed by atoms with van der Waals surface area (Å²) in [5, 5.41) is 10.7. The van der Waals surface area contributed by atoms with Crippen molar-refractivity contribution in [2.24, 2.45) is 5.92 Å². The molecule has 0 spiro atoms. The second-order valence-electron chi connectivity index (χ2n) is 4.75. The molecule has 1 N–H and O–H groups in total. The molecule has 1 aliphatic rings. The number of amides is 1. The molecule has 19 heavy (non-hydrogen) atoms. The molecule has 0 bridgehead atoms. The molecular weight excluding hydrogens is 268 g/mol. The van der Waals surface area contributed by atoms with E-state index in [1.54, 1.807) is 17.2 Å². The summed E-state index contributed by atoms with van der Waals surface area (Å²) in [6.07, 6.45) is 1.30. The van der Waals surface area contributed by atoms with Gasteiger partial charge in [-0.2, -0.15) is 0 Å². The van der Waals surface area contributed by atoms with Gasteiger partial charge in [-0.1, -0.05) is 11.3 Å². The van der Waals surface area contributed by atoms with Crippen molar-refractivity contribution < 1.29 is 14.7 Å². The van der Waals surface area contributed by atoms with Gasteiger partial charge in [0.25, 0.3) is 0 Å². The number of hydrogen-bond donors (Lipinski definition) is 1. The number of aromatic nitrogens is 1. The Balaban J connectivity index is 2.04. The molecule has 104 valence electrons. The van der Waals surface area contributed by atoms with Crippen LogP contribution in [0.5, 0.6) is 0 Å². The van der Waals surface area contributed by atoms with Gasteiger partial charge in [-0.05, 0) is 19.8 Å². The van der Waals surface area contributed by atoms with Gasteiger partial charge in [0.15, 0.2) is 0 Å². The number of carboxylic acid groups (broad SMARTS) is 1. The van der Waals surface area contributed by atoms with Gasteiger partial charge in [-0.15, -0.1) is 0 Å². The maximum absolute atomic E-state index is 12.1. The fourth-order valence-corrected chi connectivity index (χ4v) is 2.97. The molecule has 0 radical (unpaired) electrons. The summed E-state index contributed by atoms with van der Waals surface area (Å²) in [5.41, 5.74) is 0.759. The molecule has 1 unspecified atom stereocenters. The van der Waals surface area contributed by atoms with Crippen LogP contribution in [0.25, 0.3) is 0 Å². The lowest BCUT2D eigenvalue weighted by Gasteiger charge is -2.30. The van der Waals surface area contributed by atoms with Crippen molar-refractivity contribution in [2.75, 3.05) is 13.1 Å². The SMILES string of the molecule is Cc1csc(=O)n1CC(=O)N1CCCC(C(=O)O)C1. The van der Waals surface area contributed by atoms with Crippen molar-refractivity contribution in [1.82, 2.24) is 9.47 Å². The number of thiazole rings is 1. The fraction of sp³-hybridized carbons (Fsp3) is 0.583. The third kappa shape index (κ3) is 3.04. The maximum atomic E-state index is 12.1. The Kier molecular flexibility index (Phi) is 4.04. The highest BCUT2D eigenvalue weighted by atomic mass is 32.1. The zero-order chi connectivity index (χ0) is 14.0. The summed E-state index contributed by atoms with van der Waals surface area (Å²) in [5.74, 6) is -1.53. The van der Waals surface area contributed by atoms with Crippen molar-refractivity contribution in [3.63, 3.8) is 0 Å². The van der Waals surface area contributed by atoms with Gasteiger partial charge < -0.3 is 10.0 Å². The van der Waals surface area contributed by atoms with E-state index in [4.69, 9.17) is 5.11 Å². The minimum atomic E-state index is -0.860. The number of nitrogens with zero attached hydrogens (tertiary/aromatic N) is 2. The minimum Gasteiger partial charge on any atom is -0.481 e. The first-order valence-electron chi connectivity index (χ1n) is 6.14. The number of aliphatic carboxylic acids is 1. The first-order chi connectivity index (χ1) is 8.99. The largest absolute Gasteiger partial charge is 0.481 e. The number of carbonyl (C=O) groups excluding carboxylic acids is 1. The molecule has 6 nitrogen and oxygen atoms in total. The van der Waals surface area contributed by atoms with E-state index >= 15 is 0 Å². The number of likely N-dealkylation sites (tertiary alicyclic amines) is 1. The smallest absolute Gasteiger partial charge is 0.308 e. The quantitative estimate of drug-likeness (QED) is 0.878. The minimum absolute atomic E-state index is 0.000502. The molecule has 1 saturated heterocycles. The van der Waals surface area contributed by atoms with Crippen LogP contribution in [0.1, 0.15) is 18.5 Å². The van der Waals surface area contributed by atoms with E-state index in [-0.39, 0.29) is 23.9 Å². The molecule has 2 heterocycles. The number of carboxylic acids is 1. The second-order valence-corrected chi connectivity index (χ2v) is 5.57. The Hall–Kier alpha value is -1.63. The molecule has 7 heteroatoms. The van der Waals surface area contributed by atoms with E-state index < -0.39 is 11.9 Å². The van der Waals surface area contributed by atoms with Crippen LogP contribution >= 0.6 is 11.3 Å². The zero-order valence-electron chi connectivity index (χ0n) is 10.7. The summed E-state index contributed by atoms with van der Waals surface area (Å²) in [4.78, 5) is 36.0. The van der Waals surface area contributed by atoms with Crippen molar-refractivity contribution in [3.8, 4) is 0 Å². The van der Waals surface area contributed by atoms with Crippen molar-refractivity contribution >= 4 is 23.2 Å². The highest BCUT2D eigenvalue weighted by molar-refractivity contribution is 7.07. The van der Waals surface area contributed by atoms with Crippen LogP contribution < -0.4 is 4.87 Å². The molecule has 1 atom stereocenters. The third-order valence-corrected chi connectivity index (χ3v) is 4.27. The summed E-state index contributed by atoms with van der Waals surface area (Å²) in [6.45, 7) is 2.59. The number of rotatable bonds is 3. The highest BCUT2D eigenvalue weighted by Gasteiger charge is 2.28. The van der Waals surface area contributed by atoms with E-state index in [1.807, 2.05) is 0 Å². The molecule has 2 rings (SSSR count). The Labute approximate surface area is 114 Å². The Morgan fingerprint density at radius 3 is 2.84 bits per heavy atom. The molecule has 1 fully saturated rings. The van der Waals surface area contributed by atoms with Crippen LogP contribution in [-0.4, -0.2) is 39.5 Å². The number of hydrogen-bond acceptors (Lipinski definition) is 4. The van der Waals surface area contributed by atoms with E-state index in [0.29, 0.717) is 19.4 Å². The van der Waals surface area contributed by atoms with Gasteiger partial charge >= 0.3 is 10.8 Å². The number of aryl methyl sites for hydroxylation is 1. The van der Waals surface area contributed by atoms with Crippen LogP contribution in [0.15, 0.2) is 10.2 Å². The van der Waals surface area contributed by atoms with Gasteiger partial charge in [-0.3, -0.25) is 19.0 Å². The Morgan fingerprint density at radius 2 is 2.26 bits per heavy atom. The molecule has 0 aliphatic carbocycles. The lowest BCUT2D eigenvalue weighted by Crippen LogP contribution is -2.44. The Bertz CT molecular complexity index is 548. The lowest BCUT2D eigenvalue weighted by molar-refractivity contribution is -0.145. The summed E-state index contributed by atoms with van der Waals surface area (Å²) in [6, 6.07) is 0. The maximum Gasteiger partial charge on any atom is 0.308 e. The van der Waals surface area contributed by atoms with Gasteiger partial charge in [0.1, 0.15) is 6.54 Å². The average Bonchev–Trinajstić information content (AvgIpc) is 2.70. The number of carbonyl (C=O) groups is 2. The first-order valence-corrected chi connectivity index (χ1v) is 7.02. The molecule has 1 aliphatic heterocycles. The van der Waals surface area contributed by atoms with Crippen LogP contribution in [0.3, 0.4) is 0 Å². The molecule has 0 aromatic carbocycles. The van der Waals surface area contributed by atoms with Crippen molar-refractivity contribution in [1.29, 1.82) is 0 Å². The predicted molar refractivity (Wildman–Crippen MR) is 70.3 cm³/mol. The van der Waals surface area contributed by atoms with Crippen LogP contribution in [0.4, 0.5) is 0 Å². The molecular formula is C12H16N2O4S. The Morgan fingerprint density at radius 1 is 1.53 bits per heavy atom. The van der Waals surface area contributed by atoms with Crippen LogP contribution in [0, 0.1) is 12.8 Å². The fourth-order valence-electron chi connectivity index (χ4n) is 2.24. The van der Waals surface area contributed by atoms with Gasteiger partial charge in [-0.25, -0.2) is 0 Å². The van der Waals surface area contributed by atoms with Crippen molar-refractivity contribution in [3.05, 3.63) is 20.7 Å². The molecule has 1 aromatic heterocycles. The van der Waals surface area contributed by atoms with E-state index in [9.17, 15) is 14.4 Å². The zero-order valence-corrected chi connectivity index (χ0v) is 11.5. The summed E-state index contributed by atoms with van der Waals surface area (Å²) >= 11 is 1.07. The summed E-state index contributed by atoms with van der Waals surface area (Å²) in [7, 11) is 0. The monoisotopic (exact) mass is 284 g/mol. The highest BCUT2D eigenvalue weighted by Crippen LogP contribution is 2.17. The van der Waals surface area contributed by atoms with E-state index in [2.05, 4.69) is 0 Å². The summed E-state index contributed by atoms with van der Waals surface area (Å²) < 4.78 is 1.43. The van der Waals surface area contributed by atoms with Gasteiger partial charge in [0.2, 0.25) is 5.91 Å². The third-order valence-electron chi connectivity index (χ3n) is 3.39. The first kappa shape index (κ1) is 13.8. The topological polar surface area (TPSA) is 79.6 Å². The molecule has 1 amide bonds. The predicted octanol–water partition coefficient (Wildman–Crippen LogP) is 0.541. The van der Waals surface area contributed by atoms with Gasteiger partial charge in [0, 0.05) is 24.2 Å². The second kappa shape index (κ2) is 5.56. The standard InChI is InChI=1S/C12H16N2O4S/c1-8-7-19-12(18)14(8)6-10(15)13-4-2-3-9(5-13)11(16)17/h7,9H,2-6H2,1H3,(H,16,17). The van der Waals surface area contributed by atoms with E-state index in [0.717, 1.165) is 17.0 Å². The van der Waals surface area contributed by atoms with Crippen molar-refractivity contribution in [2.45, 2.75) is 26.3 Å². The van der Waals surface area contributed by atoms with Crippen LogP contribution in [0.2, 0.25) is 0 Å². The normalized spacial score (nSPS) is 19.4. The van der Waals surface area contributed by atoms with E-state index in [1.165, 1.54) is 4.57 Å². The molecule has 1 aromatic rings. The van der Waals surface area contributed by atoms with Crippen LogP contribution in [-0.2, 0) is 16.1 Å².